The Morgan fingerprint density at radius 2 is 2.16 bits per heavy atom. The molecule has 104 valence electrons. The molecule has 19 heavy (non-hydrogen) atoms. The number of aliphatic hydroxyl groups is 1. The molecule has 1 saturated heterocycles. The minimum Gasteiger partial charge on any atom is -0.478 e. The monoisotopic (exact) mass is 283 g/mol. The number of hydrogen-bond donors (Lipinski definition) is 2. The van der Waals surface area contributed by atoms with Gasteiger partial charge in [0.05, 0.1) is 23.9 Å². The maximum atomic E-state index is 11.3. The molecular formula is C14H18ClNO3. The molecule has 2 rings (SSSR count). The van der Waals surface area contributed by atoms with Gasteiger partial charge in [0.2, 0.25) is 0 Å². The van der Waals surface area contributed by atoms with Crippen LogP contribution in [0.1, 0.15) is 36.0 Å². The normalized spacial score (nSPS) is 20.1. The number of carbonyl (C=O) groups is 1. The Bertz CT molecular complexity index is 464. The van der Waals surface area contributed by atoms with E-state index in [0.717, 1.165) is 32.2 Å². The van der Waals surface area contributed by atoms with Crippen molar-refractivity contribution in [3.05, 3.63) is 28.8 Å². The largest absolute Gasteiger partial charge is 0.478 e. The molecule has 1 fully saturated rings. The van der Waals surface area contributed by atoms with Gasteiger partial charge in [0.15, 0.2) is 0 Å². The molecule has 1 aromatic rings. The van der Waals surface area contributed by atoms with Crippen LogP contribution in [-0.2, 0) is 0 Å². The Balaban J connectivity index is 2.40. The Kier molecular flexibility index (Phi) is 4.66. The van der Waals surface area contributed by atoms with Gasteiger partial charge in [-0.2, -0.15) is 0 Å². The zero-order valence-electron chi connectivity index (χ0n) is 10.7. The molecule has 1 aliphatic heterocycles. The van der Waals surface area contributed by atoms with Gasteiger partial charge in [-0.15, -0.1) is 0 Å². The molecule has 5 heteroatoms. The molecule has 1 unspecified atom stereocenters. The predicted octanol–water partition coefficient (Wildman–Crippen LogP) is 2.78. The van der Waals surface area contributed by atoms with E-state index >= 15 is 0 Å². The number of benzene rings is 1. The highest BCUT2D eigenvalue weighted by molar-refractivity contribution is 6.31. The minimum absolute atomic E-state index is 0.0122. The summed E-state index contributed by atoms with van der Waals surface area (Å²) in [5.74, 6) is -0.988. The molecule has 0 aliphatic carbocycles. The standard InChI is InChI=1S/C14H18ClNO3/c15-10-5-6-13(12(8-10)14(18)19)16-7-3-1-2-4-11(16)9-17/h5-6,8,11,17H,1-4,7,9H2,(H,18,19). The van der Waals surface area contributed by atoms with Crippen molar-refractivity contribution < 1.29 is 15.0 Å². The predicted molar refractivity (Wildman–Crippen MR) is 75.1 cm³/mol. The molecule has 0 spiro atoms. The van der Waals surface area contributed by atoms with E-state index in [4.69, 9.17) is 11.6 Å². The number of hydrogen-bond acceptors (Lipinski definition) is 3. The average Bonchev–Trinajstić information content (AvgIpc) is 2.63. The topological polar surface area (TPSA) is 60.8 Å². The van der Waals surface area contributed by atoms with Gasteiger partial charge in [0, 0.05) is 11.6 Å². The third kappa shape index (κ3) is 3.19. The first-order chi connectivity index (χ1) is 9.13. The second-order valence-electron chi connectivity index (χ2n) is 4.85. The third-order valence-electron chi connectivity index (χ3n) is 3.59. The zero-order chi connectivity index (χ0) is 13.8. The van der Waals surface area contributed by atoms with Gasteiger partial charge >= 0.3 is 5.97 Å². The molecule has 1 aliphatic rings. The summed E-state index contributed by atoms with van der Waals surface area (Å²) in [6, 6.07) is 4.89. The molecule has 4 nitrogen and oxygen atoms in total. The number of aliphatic hydroxyl groups excluding tert-OH is 1. The van der Waals surface area contributed by atoms with E-state index in [1.54, 1.807) is 12.1 Å². The van der Waals surface area contributed by atoms with E-state index in [1.165, 1.54) is 6.07 Å². The van der Waals surface area contributed by atoms with Crippen molar-refractivity contribution >= 4 is 23.3 Å². The quantitative estimate of drug-likeness (QED) is 0.895. The highest BCUT2D eigenvalue weighted by Crippen LogP contribution is 2.29. The summed E-state index contributed by atoms with van der Waals surface area (Å²) in [5, 5.41) is 19.2. The molecular weight excluding hydrogens is 266 g/mol. The van der Waals surface area contributed by atoms with Crippen molar-refractivity contribution in [1.82, 2.24) is 0 Å². The first-order valence-corrected chi connectivity index (χ1v) is 6.91. The summed E-state index contributed by atoms with van der Waals surface area (Å²) in [6.45, 7) is 0.814. The van der Waals surface area contributed by atoms with Crippen LogP contribution in [0.2, 0.25) is 5.02 Å². The molecule has 0 aromatic heterocycles. The summed E-state index contributed by atoms with van der Waals surface area (Å²) >= 11 is 5.87. The maximum absolute atomic E-state index is 11.3. The van der Waals surface area contributed by atoms with Crippen molar-refractivity contribution in [2.75, 3.05) is 18.1 Å². The summed E-state index contributed by atoms with van der Waals surface area (Å²) in [5.41, 5.74) is 0.853. The Morgan fingerprint density at radius 3 is 2.84 bits per heavy atom. The summed E-state index contributed by atoms with van der Waals surface area (Å²) in [4.78, 5) is 13.4. The lowest BCUT2D eigenvalue weighted by molar-refractivity contribution is 0.0697. The fraction of sp³-hybridized carbons (Fsp3) is 0.500. The molecule has 1 heterocycles. The van der Waals surface area contributed by atoms with Gasteiger partial charge in [-0.25, -0.2) is 4.79 Å². The first kappa shape index (κ1) is 14.2. The van der Waals surface area contributed by atoms with Crippen LogP contribution in [0.15, 0.2) is 18.2 Å². The van der Waals surface area contributed by atoms with Crippen LogP contribution in [-0.4, -0.2) is 35.4 Å². The number of rotatable bonds is 3. The van der Waals surface area contributed by atoms with E-state index in [0.29, 0.717) is 10.7 Å². The number of anilines is 1. The fourth-order valence-electron chi connectivity index (χ4n) is 2.61. The molecule has 1 aromatic carbocycles. The van der Waals surface area contributed by atoms with Crippen molar-refractivity contribution in [2.45, 2.75) is 31.7 Å². The molecule has 0 saturated carbocycles. The van der Waals surface area contributed by atoms with Gasteiger partial charge in [-0.3, -0.25) is 0 Å². The van der Waals surface area contributed by atoms with Crippen LogP contribution in [0, 0.1) is 0 Å². The zero-order valence-corrected chi connectivity index (χ0v) is 11.4. The number of halogens is 1. The van der Waals surface area contributed by atoms with Gasteiger partial charge in [-0.1, -0.05) is 24.4 Å². The number of carboxylic acid groups (broad SMARTS) is 1. The fourth-order valence-corrected chi connectivity index (χ4v) is 2.79. The SMILES string of the molecule is O=C(O)c1cc(Cl)ccc1N1CCCCCC1CO. The van der Waals surface area contributed by atoms with Crippen molar-refractivity contribution in [3.63, 3.8) is 0 Å². The van der Waals surface area contributed by atoms with Crippen LogP contribution < -0.4 is 4.90 Å². The molecule has 2 N–H and O–H groups in total. The molecule has 0 amide bonds. The van der Waals surface area contributed by atoms with Crippen molar-refractivity contribution in [2.24, 2.45) is 0 Å². The number of nitrogens with zero attached hydrogens (tertiary/aromatic N) is 1. The lowest BCUT2D eigenvalue weighted by atomic mass is 10.1. The van der Waals surface area contributed by atoms with E-state index in [2.05, 4.69) is 0 Å². The van der Waals surface area contributed by atoms with Crippen molar-refractivity contribution in [1.29, 1.82) is 0 Å². The number of aromatic carboxylic acids is 1. The third-order valence-corrected chi connectivity index (χ3v) is 3.82. The summed E-state index contributed by atoms with van der Waals surface area (Å²) < 4.78 is 0. The minimum atomic E-state index is -0.988. The highest BCUT2D eigenvalue weighted by atomic mass is 35.5. The lowest BCUT2D eigenvalue weighted by Crippen LogP contribution is -2.38. The van der Waals surface area contributed by atoms with Gasteiger partial charge < -0.3 is 15.1 Å². The summed E-state index contributed by atoms with van der Waals surface area (Å²) in [7, 11) is 0. The van der Waals surface area contributed by atoms with E-state index < -0.39 is 5.97 Å². The molecule has 0 bridgehead atoms. The van der Waals surface area contributed by atoms with Gasteiger partial charge in [0.1, 0.15) is 0 Å². The lowest BCUT2D eigenvalue weighted by Gasteiger charge is -2.32. The number of carboxylic acids is 1. The van der Waals surface area contributed by atoms with Crippen LogP contribution in [0.4, 0.5) is 5.69 Å². The average molecular weight is 284 g/mol. The van der Waals surface area contributed by atoms with E-state index in [-0.39, 0.29) is 18.2 Å². The smallest absolute Gasteiger partial charge is 0.337 e. The first-order valence-electron chi connectivity index (χ1n) is 6.54. The second kappa shape index (κ2) is 6.26. The van der Waals surface area contributed by atoms with Gasteiger partial charge in [0.25, 0.3) is 0 Å². The Labute approximate surface area is 117 Å². The maximum Gasteiger partial charge on any atom is 0.337 e. The summed E-state index contributed by atoms with van der Waals surface area (Å²) in [6.07, 6.45) is 4.08. The molecule has 0 radical (unpaired) electrons. The Morgan fingerprint density at radius 1 is 1.37 bits per heavy atom. The molecule has 1 atom stereocenters. The van der Waals surface area contributed by atoms with Crippen LogP contribution in [0.5, 0.6) is 0 Å². The van der Waals surface area contributed by atoms with Crippen LogP contribution >= 0.6 is 11.6 Å². The van der Waals surface area contributed by atoms with E-state index in [1.807, 2.05) is 4.90 Å². The van der Waals surface area contributed by atoms with Crippen molar-refractivity contribution in [3.8, 4) is 0 Å². The van der Waals surface area contributed by atoms with Gasteiger partial charge in [-0.05, 0) is 31.0 Å². The van der Waals surface area contributed by atoms with E-state index in [9.17, 15) is 15.0 Å². The Hall–Kier alpha value is -1.26. The van der Waals surface area contributed by atoms with Crippen LogP contribution in [0.3, 0.4) is 0 Å². The van der Waals surface area contributed by atoms with Crippen LogP contribution in [0.25, 0.3) is 0 Å². The second-order valence-corrected chi connectivity index (χ2v) is 5.28. The highest BCUT2D eigenvalue weighted by Gasteiger charge is 2.24.